The van der Waals surface area contributed by atoms with E-state index in [2.05, 4.69) is 228 Å². The van der Waals surface area contributed by atoms with E-state index in [1.165, 1.54) is 41.6 Å². The molecule has 3 aliphatic rings. The quantitative estimate of drug-likeness (QED) is 0.0695. The van der Waals surface area contributed by atoms with Gasteiger partial charge in [-0.15, -0.1) is 0 Å². The predicted octanol–water partition coefficient (Wildman–Crippen LogP) is 22.2. The SMILES string of the molecule is COc1ccc(-c2c3nc(c(-c4ccc(OC)cc4)c4ccc([nH]4)c(-c4ccc(OC)cc4)c4nc(c(-c5ccc(NC(=O)c6cccc(/C=C/C(C)=C/C=C/C(C)=C/C=C/C=C(C)/C=C/C=C(C)/C=C/C7=C(C)CCCC7(C)C)c6)cc5)c5ccc2[nH]5)C=C4)C=C3)cc1. The third kappa shape index (κ3) is 15.5. The van der Waals surface area contributed by atoms with E-state index in [1.807, 2.05) is 91.0 Å². The number of methoxy groups -OCH3 is 3. The van der Waals surface area contributed by atoms with Crippen molar-refractivity contribution >= 4 is 64.0 Å². The summed E-state index contributed by atoms with van der Waals surface area (Å²) in [6.45, 7) is 15.4. The Kier molecular flexibility index (Phi) is 20.2. The number of nitrogens with zero attached hydrogens (tertiary/aromatic N) is 2. The molecular weight excluding hydrogens is 1150 g/mol. The van der Waals surface area contributed by atoms with Crippen LogP contribution in [0.3, 0.4) is 0 Å². The van der Waals surface area contributed by atoms with E-state index < -0.39 is 0 Å². The number of aromatic nitrogens is 4. The highest BCUT2D eigenvalue weighted by molar-refractivity contribution is 6.05. The largest absolute Gasteiger partial charge is 0.497 e. The van der Waals surface area contributed by atoms with Crippen molar-refractivity contribution in [2.75, 3.05) is 26.6 Å². The molecule has 1 amide bonds. The number of allylic oxidation sites excluding steroid dienone is 19. The first-order valence-electron chi connectivity index (χ1n) is 32.0. The van der Waals surface area contributed by atoms with Crippen LogP contribution < -0.4 is 19.5 Å². The highest BCUT2D eigenvalue weighted by Gasteiger charge is 2.27. The van der Waals surface area contributed by atoms with Crippen molar-refractivity contribution in [1.29, 1.82) is 0 Å². The number of carbonyl (C=O) groups is 1. The Morgan fingerprint density at radius 3 is 1.27 bits per heavy atom. The highest BCUT2D eigenvalue weighted by Crippen LogP contribution is 2.42. The lowest BCUT2D eigenvalue weighted by Crippen LogP contribution is -2.19. The number of amides is 1. The van der Waals surface area contributed by atoms with Gasteiger partial charge >= 0.3 is 0 Å². The molecule has 9 heteroatoms. The smallest absolute Gasteiger partial charge is 0.255 e. The number of aromatic amines is 2. The van der Waals surface area contributed by atoms with Crippen molar-refractivity contribution in [3.63, 3.8) is 0 Å². The molecule has 1 aliphatic carbocycles. The summed E-state index contributed by atoms with van der Waals surface area (Å²) >= 11 is 0. The first kappa shape index (κ1) is 64.5. The molecule has 5 aromatic carbocycles. The lowest BCUT2D eigenvalue weighted by Gasteiger charge is -2.32. The van der Waals surface area contributed by atoms with Gasteiger partial charge in [-0.3, -0.25) is 4.79 Å². The number of ether oxygens (including phenoxy) is 3. The summed E-state index contributed by atoms with van der Waals surface area (Å²) in [5, 5.41) is 3.15. The van der Waals surface area contributed by atoms with Crippen LogP contribution in [0.1, 0.15) is 106 Å². The minimum Gasteiger partial charge on any atom is -0.497 e. The molecule has 0 saturated heterocycles. The number of rotatable bonds is 19. The molecule has 9 nitrogen and oxygen atoms in total. The number of H-pyrrole nitrogens is 2. The van der Waals surface area contributed by atoms with Gasteiger partial charge in [-0.05, 0) is 202 Å². The Balaban J connectivity index is 0.843. The Morgan fingerprint density at radius 2 is 0.862 bits per heavy atom. The zero-order chi connectivity index (χ0) is 65.7. The van der Waals surface area contributed by atoms with Gasteiger partial charge in [-0.2, -0.15) is 0 Å². The molecule has 8 aromatic rings. The molecule has 2 aliphatic heterocycles. The van der Waals surface area contributed by atoms with E-state index in [1.54, 1.807) is 21.3 Å². The summed E-state index contributed by atoms with van der Waals surface area (Å²) in [6.07, 6.45) is 41.8. The molecule has 0 atom stereocenters. The van der Waals surface area contributed by atoms with Crippen LogP contribution >= 0.6 is 0 Å². The number of anilines is 1. The number of benzene rings is 5. The normalized spacial score (nSPS) is 14.6. The average Bonchev–Trinajstić information content (AvgIpc) is 1.63. The van der Waals surface area contributed by atoms with Gasteiger partial charge in [-0.1, -0.05) is 187 Å². The van der Waals surface area contributed by atoms with Crippen molar-refractivity contribution in [3.05, 3.63) is 292 Å². The Labute approximate surface area is 553 Å². The van der Waals surface area contributed by atoms with E-state index >= 15 is 0 Å². The third-order valence-corrected chi connectivity index (χ3v) is 17.3. The summed E-state index contributed by atoms with van der Waals surface area (Å²) in [7, 11) is 5.02. The molecule has 3 N–H and O–H groups in total. The number of fused-ring (bicyclic) bond motifs is 8. The summed E-state index contributed by atoms with van der Waals surface area (Å²) in [6, 6.07) is 48.2. The van der Waals surface area contributed by atoms with Crippen LogP contribution in [0.4, 0.5) is 5.69 Å². The van der Waals surface area contributed by atoms with Crippen molar-refractivity contribution in [2.24, 2.45) is 5.41 Å². The van der Waals surface area contributed by atoms with Gasteiger partial charge in [-0.25, -0.2) is 9.97 Å². The summed E-state index contributed by atoms with van der Waals surface area (Å²) in [5.74, 6) is 2.06. The third-order valence-electron chi connectivity index (χ3n) is 17.3. The van der Waals surface area contributed by atoms with Crippen LogP contribution in [0.15, 0.2) is 258 Å². The lowest BCUT2D eigenvalue weighted by atomic mass is 9.72. The maximum absolute atomic E-state index is 14.0. The minimum absolute atomic E-state index is 0.211. The Bertz CT molecular complexity index is 4670. The number of carbonyl (C=O) groups excluding carboxylic acids is 1. The number of hydrogen-bond acceptors (Lipinski definition) is 6. The maximum atomic E-state index is 14.0. The molecular formula is C85H81N5O4. The van der Waals surface area contributed by atoms with Crippen molar-refractivity contribution in [2.45, 2.75) is 67.7 Å². The van der Waals surface area contributed by atoms with Gasteiger partial charge in [0.05, 0.1) is 44.1 Å². The summed E-state index contributed by atoms with van der Waals surface area (Å²) < 4.78 is 16.8. The molecule has 8 bridgehead atoms. The van der Waals surface area contributed by atoms with Gasteiger partial charge in [0.15, 0.2) is 0 Å². The van der Waals surface area contributed by atoms with E-state index in [0.717, 1.165) is 123 Å². The van der Waals surface area contributed by atoms with Crippen molar-refractivity contribution in [1.82, 2.24) is 19.9 Å². The topological polar surface area (TPSA) is 114 Å². The Morgan fingerprint density at radius 1 is 0.479 bits per heavy atom. The van der Waals surface area contributed by atoms with Gasteiger partial charge in [0.1, 0.15) is 17.2 Å². The molecule has 0 radical (unpaired) electrons. The molecule has 94 heavy (non-hydrogen) atoms. The van der Waals surface area contributed by atoms with Gasteiger partial charge in [0.25, 0.3) is 5.91 Å². The maximum Gasteiger partial charge on any atom is 0.255 e. The van der Waals surface area contributed by atoms with E-state index in [4.69, 9.17) is 24.2 Å². The minimum atomic E-state index is -0.211. The second-order valence-electron chi connectivity index (χ2n) is 24.7. The number of nitrogens with one attached hydrogen (secondary N) is 3. The van der Waals surface area contributed by atoms with E-state index in [9.17, 15) is 4.79 Å². The van der Waals surface area contributed by atoms with Crippen LogP contribution in [0.25, 0.3) is 97.0 Å². The standard InChI is InChI=1S/C85H81N5O4/c1-56(17-11-12-18-57(2)20-14-22-59(4)27-45-71-60(5)23-16-54-85(71,6)7)19-13-21-58(3)26-28-61-24-15-25-66(55-61)84(91)86-67-37-29-62(30-38-67)80-72-46-48-74(87-72)81(63-31-39-68(92-8)40-32-63)76-50-52-78(89-76)83(65-35-43-70(94-10)44-36-65)79-53-51-77(90-79)82(75-49-47-73(80)88-75)64-33-41-69(93-9)42-34-64/h11-15,17-22,24-53,55,87,90H,16,23,54H2,1-10H3,(H,86,91)/b12-11+,19-13+,20-14+,28-26+,45-27+,56-17+,57-18+,58-21+,59-22+,80-72?,80-73?,81-74?,81-76?,82-75?,82-77?,83-78?,83-79?. The van der Waals surface area contributed by atoms with Gasteiger partial charge in [0.2, 0.25) is 0 Å². The van der Waals surface area contributed by atoms with E-state index in [0.29, 0.717) is 11.3 Å². The van der Waals surface area contributed by atoms with Gasteiger partial charge in [0, 0.05) is 55.6 Å². The summed E-state index contributed by atoms with van der Waals surface area (Å²) in [5.41, 5.74) is 24.0. The second kappa shape index (κ2) is 29.5. The second-order valence-corrected chi connectivity index (χ2v) is 24.7. The molecule has 11 rings (SSSR count). The number of hydrogen-bond donors (Lipinski definition) is 3. The fourth-order valence-corrected chi connectivity index (χ4v) is 12.2. The summed E-state index contributed by atoms with van der Waals surface area (Å²) in [4.78, 5) is 32.6. The van der Waals surface area contributed by atoms with Crippen LogP contribution in [-0.2, 0) is 0 Å². The molecule has 0 spiro atoms. The molecule has 0 unspecified atom stereocenters. The van der Waals surface area contributed by atoms with Crippen molar-refractivity contribution in [3.8, 4) is 61.8 Å². The van der Waals surface area contributed by atoms with Crippen molar-refractivity contribution < 1.29 is 19.0 Å². The van der Waals surface area contributed by atoms with Crippen LogP contribution in [0.2, 0.25) is 0 Å². The highest BCUT2D eigenvalue weighted by atomic mass is 16.5. The van der Waals surface area contributed by atoms with E-state index in [-0.39, 0.29) is 11.3 Å². The zero-order valence-electron chi connectivity index (χ0n) is 55.4. The molecule has 470 valence electrons. The van der Waals surface area contributed by atoms with Crippen LogP contribution in [-0.4, -0.2) is 47.2 Å². The van der Waals surface area contributed by atoms with Crippen LogP contribution in [0.5, 0.6) is 17.2 Å². The molecule has 0 saturated carbocycles. The first-order valence-corrected chi connectivity index (χ1v) is 32.0. The fourth-order valence-electron chi connectivity index (χ4n) is 12.2. The molecule has 3 aromatic heterocycles. The molecule has 0 fully saturated rings. The predicted molar refractivity (Wildman–Crippen MR) is 396 cm³/mol. The monoisotopic (exact) mass is 1240 g/mol. The zero-order valence-corrected chi connectivity index (χ0v) is 55.4. The first-order chi connectivity index (χ1) is 45.6. The fraction of sp³-hybridized carbons (Fsp3) is 0.165. The lowest BCUT2D eigenvalue weighted by molar-refractivity contribution is 0.102. The molecule has 5 heterocycles. The average molecular weight is 1240 g/mol. The van der Waals surface area contributed by atoms with Crippen LogP contribution in [0, 0.1) is 5.41 Å². The van der Waals surface area contributed by atoms with Gasteiger partial charge < -0.3 is 29.5 Å². The Hall–Kier alpha value is -11.0.